The van der Waals surface area contributed by atoms with Gasteiger partial charge in [-0.3, -0.25) is 14.5 Å². The fraction of sp³-hybridized carbons (Fsp3) is 0.333. The third-order valence-corrected chi connectivity index (χ3v) is 8.95. The fourth-order valence-corrected chi connectivity index (χ4v) is 6.98. The lowest BCUT2D eigenvalue weighted by Crippen LogP contribution is -2.65. The number of benzene rings is 3. The topological polar surface area (TPSA) is 68.9 Å². The Morgan fingerprint density at radius 1 is 0.925 bits per heavy atom. The number of rotatable bonds is 5. The van der Waals surface area contributed by atoms with Crippen LogP contribution in [0.25, 0.3) is 10.9 Å². The minimum Gasteiger partial charge on any atom is -0.497 e. The molecular weight excluding hydrogens is 500 g/mol. The van der Waals surface area contributed by atoms with Crippen molar-refractivity contribution in [3.05, 3.63) is 101 Å². The minimum absolute atomic E-state index is 0.00782. The molecule has 7 rings (SSSR count). The van der Waals surface area contributed by atoms with Gasteiger partial charge in [0.2, 0.25) is 11.8 Å². The second-order valence-electron chi connectivity index (χ2n) is 11.2. The van der Waals surface area contributed by atoms with E-state index >= 15 is 0 Å². The van der Waals surface area contributed by atoms with Crippen LogP contribution in [0.4, 0.5) is 0 Å². The lowest BCUT2D eigenvalue weighted by Gasteiger charge is -2.49. The molecule has 7 heteroatoms. The van der Waals surface area contributed by atoms with Gasteiger partial charge in [0.25, 0.3) is 0 Å². The number of carbonyl (C=O) groups is 2. The Morgan fingerprint density at radius 2 is 1.70 bits per heavy atom. The van der Waals surface area contributed by atoms with Crippen LogP contribution in [0.5, 0.6) is 5.75 Å². The van der Waals surface area contributed by atoms with Crippen molar-refractivity contribution in [2.45, 2.75) is 43.9 Å². The second kappa shape index (κ2) is 10.1. The van der Waals surface area contributed by atoms with Crippen LogP contribution in [-0.4, -0.2) is 70.3 Å². The maximum atomic E-state index is 14.2. The summed E-state index contributed by atoms with van der Waals surface area (Å²) in [7, 11) is 1.65. The molecule has 2 fully saturated rings. The molecule has 2 atom stereocenters. The lowest BCUT2D eigenvalue weighted by molar-refractivity contribution is -0.161. The molecule has 3 aliphatic rings. The molecule has 0 bridgehead atoms. The van der Waals surface area contributed by atoms with Gasteiger partial charge >= 0.3 is 0 Å². The summed E-state index contributed by atoms with van der Waals surface area (Å²) >= 11 is 0. The number of para-hydroxylation sites is 1. The van der Waals surface area contributed by atoms with E-state index in [1.54, 1.807) is 7.11 Å². The van der Waals surface area contributed by atoms with Crippen molar-refractivity contribution in [1.82, 2.24) is 19.7 Å². The number of ether oxygens (including phenoxy) is 1. The van der Waals surface area contributed by atoms with Gasteiger partial charge in [0.15, 0.2) is 0 Å². The van der Waals surface area contributed by atoms with E-state index < -0.39 is 6.04 Å². The number of aromatic nitrogens is 1. The molecule has 4 aromatic rings. The highest BCUT2D eigenvalue weighted by atomic mass is 16.5. The number of hydrogen-bond acceptors (Lipinski definition) is 4. The molecule has 1 N–H and O–H groups in total. The SMILES string of the molecule is COc1cccc([C@H]2c3[nH]c4ccccc4c3C[C@H]3C(=O)N(C4CCN(Cc5ccccc5)CC4)CC(=O)N23)c1. The molecule has 0 spiro atoms. The van der Waals surface area contributed by atoms with E-state index in [-0.39, 0.29) is 30.4 Å². The van der Waals surface area contributed by atoms with E-state index in [1.165, 1.54) is 5.56 Å². The first-order chi connectivity index (χ1) is 19.6. The average molecular weight is 535 g/mol. The third kappa shape index (κ3) is 4.25. The quantitative estimate of drug-likeness (QED) is 0.409. The Kier molecular flexibility index (Phi) is 6.31. The van der Waals surface area contributed by atoms with Crippen molar-refractivity contribution >= 4 is 22.7 Å². The monoisotopic (exact) mass is 534 g/mol. The van der Waals surface area contributed by atoms with Crippen molar-refractivity contribution < 1.29 is 14.3 Å². The molecule has 4 heterocycles. The number of hydrogen-bond donors (Lipinski definition) is 1. The molecule has 3 aromatic carbocycles. The molecule has 0 radical (unpaired) electrons. The van der Waals surface area contributed by atoms with E-state index in [0.717, 1.165) is 65.9 Å². The van der Waals surface area contributed by atoms with Gasteiger partial charge in [-0.2, -0.15) is 0 Å². The summed E-state index contributed by atoms with van der Waals surface area (Å²) < 4.78 is 5.53. The molecular formula is C33H34N4O3. The van der Waals surface area contributed by atoms with E-state index in [1.807, 2.05) is 52.3 Å². The van der Waals surface area contributed by atoms with Crippen LogP contribution in [0.2, 0.25) is 0 Å². The molecule has 7 nitrogen and oxygen atoms in total. The number of carbonyl (C=O) groups excluding carboxylic acids is 2. The highest BCUT2D eigenvalue weighted by Gasteiger charge is 2.49. The van der Waals surface area contributed by atoms with Gasteiger partial charge in [0.05, 0.1) is 13.2 Å². The zero-order chi connectivity index (χ0) is 27.2. The van der Waals surface area contributed by atoms with Crippen LogP contribution >= 0.6 is 0 Å². The second-order valence-corrected chi connectivity index (χ2v) is 11.2. The number of H-pyrrole nitrogens is 1. The fourth-order valence-electron chi connectivity index (χ4n) is 6.98. The summed E-state index contributed by atoms with van der Waals surface area (Å²) in [4.78, 5) is 38.0. The Hall–Kier alpha value is -4.10. The number of fused-ring (bicyclic) bond motifs is 4. The molecule has 0 aliphatic carbocycles. The van der Waals surface area contributed by atoms with Gasteiger partial charge in [0, 0.05) is 48.7 Å². The van der Waals surface area contributed by atoms with Gasteiger partial charge < -0.3 is 19.5 Å². The van der Waals surface area contributed by atoms with Crippen molar-refractivity contribution in [2.24, 2.45) is 0 Å². The Labute approximate surface area is 234 Å². The van der Waals surface area contributed by atoms with Crippen LogP contribution in [0, 0.1) is 0 Å². The highest BCUT2D eigenvalue weighted by Crippen LogP contribution is 2.43. The molecule has 204 valence electrons. The number of nitrogens with zero attached hydrogens (tertiary/aromatic N) is 3. The predicted molar refractivity (Wildman–Crippen MR) is 154 cm³/mol. The van der Waals surface area contributed by atoms with Crippen LogP contribution in [-0.2, 0) is 22.6 Å². The van der Waals surface area contributed by atoms with Crippen molar-refractivity contribution in [1.29, 1.82) is 0 Å². The summed E-state index contributed by atoms with van der Waals surface area (Å²) in [5.74, 6) is 0.815. The maximum absolute atomic E-state index is 14.2. The van der Waals surface area contributed by atoms with Crippen molar-refractivity contribution in [3.8, 4) is 5.75 Å². The van der Waals surface area contributed by atoms with Crippen LogP contribution < -0.4 is 4.74 Å². The normalized spacial score (nSPS) is 21.9. The minimum atomic E-state index is -0.522. The number of likely N-dealkylation sites (tertiary alicyclic amines) is 1. The molecule has 0 unspecified atom stereocenters. The van der Waals surface area contributed by atoms with Crippen molar-refractivity contribution in [2.75, 3.05) is 26.7 Å². The highest BCUT2D eigenvalue weighted by molar-refractivity contribution is 5.97. The van der Waals surface area contributed by atoms with Crippen LogP contribution in [0.15, 0.2) is 78.9 Å². The summed E-state index contributed by atoms with van der Waals surface area (Å²) in [6.07, 6.45) is 2.29. The van der Waals surface area contributed by atoms with Crippen LogP contribution in [0.3, 0.4) is 0 Å². The smallest absolute Gasteiger partial charge is 0.246 e. The average Bonchev–Trinajstić information content (AvgIpc) is 3.37. The third-order valence-electron chi connectivity index (χ3n) is 8.95. The molecule has 1 aromatic heterocycles. The Balaban J connectivity index is 1.19. The van der Waals surface area contributed by atoms with Gasteiger partial charge in [-0.15, -0.1) is 0 Å². The van der Waals surface area contributed by atoms with Crippen LogP contribution in [0.1, 0.15) is 41.3 Å². The Bertz CT molecular complexity index is 1560. The zero-order valence-corrected chi connectivity index (χ0v) is 22.8. The largest absolute Gasteiger partial charge is 0.497 e. The number of piperidine rings is 1. The van der Waals surface area contributed by atoms with E-state index in [4.69, 9.17) is 4.74 Å². The van der Waals surface area contributed by atoms with Gasteiger partial charge in [-0.1, -0.05) is 60.7 Å². The molecule has 2 amide bonds. The zero-order valence-electron chi connectivity index (χ0n) is 22.8. The van der Waals surface area contributed by atoms with Crippen molar-refractivity contribution in [3.63, 3.8) is 0 Å². The molecule has 40 heavy (non-hydrogen) atoms. The standard InChI is InChI=1S/C33H34N4O3/c1-40-25-11-7-10-23(18-25)32-31-27(26-12-5-6-13-28(26)34-31)19-29-33(39)36(21-30(38)37(29)32)24-14-16-35(17-15-24)20-22-8-3-2-4-9-22/h2-13,18,24,29,32,34H,14-17,19-21H2,1H3/t29-,32-/m0/s1. The first kappa shape index (κ1) is 24.9. The van der Waals surface area contributed by atoms with E-state index in [2.05, 4.69) is 46.3 Å². The molecule has 2 saturated heterocycles. The number of aromatic amines is 1. The summed E-state index contributed by atoms with van der Waals surface area (Å²) in [5.41, 5.74) is 5.41. The van der Waals surface area contributed by atoms with Gasteiger partial charge in [0.1, 0.15) is 18.3 Å². The number of nitrogens with one attached hydrogen (secondary N) is 1. The summed E-state index contributed by atoms with van der Waals surface area (Å²) in [6, 6.07) is 25.8. The van der Waals surface area contributed by atoms with Gasteiger partial charge in [-0.25, -0.2) is 0 Å². The predicted octanol–water partition coefficient (Wildman–Crippen LogP) is 4.53. The first-order valence-corrected chi connectivity index (χ1v) is 14.2. The Morgan fingerprint density at radius 3 is 2.50 bits per heavy atom. The van der Waals surface area contributed by atoms with E-state index in [0.29, 0.717) is 6.42 Å². The van der Waals surface area contributed by atoms with E-state index in [9.17, 15) is 9.59 Å². The molecule has 0 saturated carbocycles. The first-order valence-electron chi connectivity index (χ1n) is 14.2. The number of methoxy groups -OCH3 is 1. The number of piperazine rings is 1. The number of amides is 2. The lowest BCUT2D eigenvalue weighted by atomic mass is 9.85. The van der Waals surface area contributed by atoms with Gasteiger partial charge in [-0.05, 0) is 47.7 Å². The maximum Gasteiger partial charge on any atom is 0.246 e. The molecule has 3 aliphatic heterocycles. The summed E-state index contributed by atoms with van der Waals surface area (Å²) in [6.45, 7) is 2.90. The summed E-state index contributed by atoms with van der Waals surface area (Å²) in [5, 5.41) is 1.12.